The highest BCUT2D eigenvalue weighted by molar-refractivity contribution is 9.10. The maximum Gasteiger partial charge on any atom is 0.0585 e. The van der Waals surface area contributed by atoms with E-state index in [2.05, 4.69) is 31.9 Å². The van der Waals surface area contributed by atoms with E-state index in [1.165, 1.54) is 0 Å². The second-order valence-corrected chi connectivity index (χ2v) is 7.00. The third kappa shape index (κ3) is 3.43. The number of rotatable bonds is 3. The first-order valence-electron chi connectivity index (χ1n) is 5.24. The fourth-order valence-corrected chi connectivity index (χ4v) is 3.86. The minimum atomic E-state index is -1.08. The zero-order valence-corrected chi connectivity index (χ0v) is 13.4. The summed E-state index contributed by atoms with van der Waals surface area (Å²) in [5.41, 5.74) is 7.36. The molecule has 5 heteroatoms. The third-order valence-electron chi connectivity index (χ3n) is 2.41. The fourth-order valence-electron chi connectivity index (χ4n) is 1.51. The van der Waals surface area contributed by atoms with Crippen LogP contribution in [0.4, 0.5) is 5.69 Å². The summed E-state index contributed by atoms with van der Waals surface area (Å²) in [6.45, 7) is 0. The number of anilines is 1. The van der Waals surface area contributed by atoms with Crippen molar-refractivity contribution in [1.29, 1.82) is 0 Å². The molecule has 18 heavy (non-hydrogen) atoms. The minimum absolute atomic E-state index is 0.496. The monoisotopic (exact) mass is 387 g/mol. The molecule has 0 radical (unpaired) electrons. The summed E-state index contributed by atoms with van der Waals surface area (Å²) >= 11 is 6.77. The molecule has 0 fully saturated rings. The van der Waals surface area contributed by atoms with Gasteiger partial charge in [-0.1, -0.05) is 28.1 Å². The van der Waals surface area contributed by atoms with Gasteiger partial charge < -0.3 is 5.73 Å². The summed E-state index contributed by atoms with van der Waals surface area (Å²) < 4.78 is 14.1. The van der Waals surface area contributed by atoms with E-state index in [0.29, 0.717) is 11.4 Å². The van der Waals surface area contributed by atoms with E-state index in [1.807, 2.05) is 24.3 Å². The summed E-state index contributed by atoms with van der Waals surface area (Å²) in [4.78, 5) is 0.770. The topological polar surface area (TPSA) is 43.1 Å². The molecule has 0 saturated carbocycles. The molecule has 0 aliphatic heterocycles. The predicted molar refractivity (Wildman–Crippen MR) is 82.8 cm³/mol. The Kier molecular flexibility index (Phi) is 4.59. The van der Waals surface area contributed by atoms with Gasteiger partial charge in [-0.2, -0.15) is 0 Å². The summed E-state index contributed by atoms with van der Waals surface area (Å²) in [5.74, 6) is 0.496. The van der Waals surface area contributed by atoms with Crippen molar-refractivity contribution >= 4 is 48.3 Å². The SMILES string of the molecule is Nc1ccc(S(=O)Cc2ccc(Br)cc2)c(Br)c1. The van der Waals surface area contributed by atoms with Crippen molar-refractivity contribution in [2.24, 2.45) is 0 Å². The summed E-state index contributed by atoms with van der Waals surface area (Å²) in [6, 6.07) is 13.2. The van der Waals surface area contributed by atoms with Crippen molar-refractivity contribution in [3.63, 3.8) is 0 Å². The average Bonchev–Trinajstić information content (AvgIpc) is 2.32. The lowest BCUT2D eigenvalue weighted by Gasteiger charge is -2.06. The molecule has 0 aromatic heterocycles. The van der Waals surface area contributed by atoms with E-state index in [4.69, 9.17) is 5.73 Å². The molecule has 0 bridgehead atoms. The molecule has 0 spiro atoms. The molecule has 2 aromatic carbocycles. The van der Waals surface area contributed by atoms with Crippen LogP contribution in [0.15, 0.2) is 56.3 Å². The molecule has 94 valence electrons. The second-order valence-electron chi connectivity index (χ2n) is 3.81. The van der Waals surface area contributed by atoms with E-state index < -0.39 is 10.8 Å². The van der Waals surface area contributed by atoms with Gasteiger partial charge in [0, 0.05) is 14.6 Å². The molecular weight excluding hydrogens is 378 g/mol. The Morgan fingerprint density at radius 3 is 2.33 bits per heavy atom. The highest BCUT2D eigenvalue weighted by Gasteiger charge is 2.09. The quantitative estimate of drug-likeness (QED) is 0.804. The first-order valence-corrected chi connectivity index (χ1v) is 8.14. The van der Waals surface area contributed by atoms with E-state index in [0.717, 1.165) is 19.4 Å². The van der Waals surface area contributed by atoms with Crippen molar-refractivity contribution in [3.8, 4) is 0 Å². The van der Waals surface area contributed by atoms with Crippen molar-refractivity contribution in [2.75, 3.05) is 5.73 Å². The minimum Gasteiger partial charge on any atom is -0.399 e. The van der Waals surface area contributed by atoms with Crippen molar-refractivity contribution < 1.29 is 4.21 Å². The Labute approximate surface area is 125 Å². The van der Waals surface area contributed by atoms with Crippen LogP contribution in [0, 0.1) is 0 Å². The van der Waals surface area contributed by atoms with Crippen molar-refractivity contribution in [3.05, 3.63) is 57.0 Å². The maximum atomic E-state index is 12.3. The highest BCUT2D eigenvalue weighted by atomic mass is 79.9. The van der Waals surface area contributed by atoms with Gasteiger partial charge in [-0.3, -0.25) is 4.21 Å². The van der Waals surface area contributed by atoms with E-state index in [1.54, 1.807) is 18.2 Å². The normalized spacial score (nSPS) is 12.3. The molecule has 2 rings (SSSR count). The largest absolute Gasteiger partial charge is 0.399 e. The molecule has 1 unspecified atom stereocenters. The molecular formula is C13H11Br2NOS. The number of nitrogens with two attached hydrogens (primary N) is 1. The molecule has 0 saturated heterocycles. The van der Waals surface area contributed by atoms with Gasteiger partial charge >= 0.3 is 0 Å². The Balaban J connectivity index is 2.19. The van der Waals surface area contributed by atoms with Crippen molar-refractivity contribution in [1.82, 2.24) is 0 Å². The van der Waals surface area contributed by atoms with Gasteiger partial charge in [0.1, 0.15) is 0 Å². The first-order chi connectivity index (χ1) is 8.56. The Bertz CT molecular complexity index is 584. The van der Waals surface area contributed by atoms with Crippen LogP contribution in [0.5, 0.6) is 0 Å². The lowest BCUT2D eigenvalue weighted by molar-refractivity contribution is 0.682. The molecule has 1 atom stereocenters. The van der Waals surface area contributed by atoms with Crippen molar-refractivity contribution in [2.45, 2.75) is 10.6 Å². The number of halogens is 2. The Morgan fingerprint density at radius 1 is 1.06 bits per heavy atom. The molecule has 0 heterocycles. The van der Waals surface area contributed by atoms with Crippen LogP contribution in [-0.4, -0.2) is 4.21 Å². The van der Waals surface area contributed by atoms with Crippen LogP contribution in [0.3, 0.4) is 0 Å². The lowest BCUT2D eigenvalue weighted by Crippen LogP contribution is -1.98. The summed E-state index contributed by atoms with van der Waals surface area (Å²) in [6.07, 6.45) is 0. The standard InChI is InChI=1S/C13H11Br2NOS/c14-10-3-1-9(2-4-10)8-18(17)13-6-5-11(16)7-12(13)15/h1-7H,8,16H2. The van der Waals surface area contributed by atoms with Gasteiger partial charge in [0.2, 0.25) is 0 Å². The molecule has 0 aliphatic carbocycles. The zero-order chi connectivity index (χ0) is 13.1. The van der Waals surface area contributed by atoms with Crippen LogP contribution < -0.4 is 5.73 Å². The third-order valence-corrected chi connectivity index (χ3v) is 5.30. The van der Waals surface area contributed by atoms with Gasteiger partial charge in [-0.05, 0) is 51.8 Å². The Hall–Kier alpha value is -0.650. The fraction of sp³-hybridized carbons (Fsp3) is 0.0769. The highest BCUT2D eigenvalue weighted by Crippen LogP contribution is 2.25. The van der Waals surface area contributed by atoms with Gasteiger partial charge in [-0.15, -0.1) is 0 Å². The summed E-state index contributed by atoms with van der Waals surface area (Å²) in [5, 5.41) is 0. The van der Waals surface area contributed by atoms with E-state index >= 15 is 0 Å². The number of hydrogen-bond donors (Lipinski definition) is 1. The smallest absolute Gasteiger partial charge is 0.0585 e. The number of hydrogen-bond acceptors (Lipinski definition) is 2. The maximum absolute atomic E-state index is 12.3. The Morgan fingerprint density at radius 2 is 1.72 bits per heavy atom. The van der Waals surface area contributed by atoms with E-state index in [9.17, 15) is 4.21 Å². The van der Waals surface area contributed by atoms with Gasteiger partial charge in [0.05, 0.1) is 21.4 Å². The molecule has 2 N–H and O–H groups in total. The predicted octanol–water partition coefficient (Wildman–Crippen LogP) is 4.10. The van der Waals surface area contributed by atoms with Crippen LogP contribution in [0.1, 0.15) is 5.56 Å². The van der Waals surface area contributed by atoms with Gasteiger partial charge in [0.25, 0.3) is 0 Å². The summed E-state index contributed by atoms with van der Waals surface area (Å²) in [7, 11) is -1.08. The average molecular weight is 389 g/mol. The molecule has 2 nitrogen and oxygen atoms in total. The lowest BCUT2D eigenvalue weighted by atomic mass is 10.2. The van der Waals surface area contributed by atoms with Gasteiger partial charge in [0.15, 0.2) is 0 Å². The van der Waals surface area contributed by atoms with Crippen LogP contribution >= 0.6 is 31.9 Å². The molecule has 0 aliphatic rings. The van der Waals surface area contributed by atoms with Crippen LogP contribution in [0.2, 0.25) is 0 Å². The first kappa shape index (κ1) is 13.8. The zero-order valence-electron chi connectivity index (χ0n) is 9.40. The second kappa shape index (κ2) is 5.99. The van der Waals surface area contributed by atoms with E-state index in [-0.39, 0.29) is 0 Å². The van der Waals surface area contributed by atoms with Crippen LogP contribution in [-0.2, 0) is 16.6 Å². The van der Waals surface area contributed by atoms with Crippen LogP contribution in [0.25, 0.3) is 0 Å². The van der Waals surface area contributed by atoms with Gasteiger partial charge in [-0.25, -0.2) is 0 Å². The molecule has 2 aromatic rings. The number of benzene rings is 2. The molecule has 0 amide bonds. The number of nitrogen functional groups attached to an aromatic ring is 1.